The van der Waals surface area contributed by atoms with Crippen molar-refractivity contribution in [2.45, 2.75) is 64.6 Å². The summed E-state index contributed by atoms with van der Waals surface area (Å²) in [6.45, 7) is 3.48. The molecule has 11 heteroatoms. The molecule has 4 heterocycles. The largest absolute Gasteiger partial charge is 0.379 e. The fraction of sp³-hybridized carbons (Fsp3) is 0.609. The van der Waals surface area contributed by atoms with E-state index in [9.17, 15) is 13.2 Å². The number of hydrogen-bond donors (Lipinski definition) is 0. The molecule has 3 fully saturated rings. The Balaban J connectivity index is 0.000000187. The molecular weight excluding hydrogens is 447 g/mol. The quantitative estimate of drug-likeness (QED) is 0.548. The molecule has 0 amide bonds. The molecule has 6 rings (SSSR count). The number of aromatic nitrogens is 6. The van der Waals surface area contributed by atoms with Crippen LogP contribution in [0.1, 0.15) is 61.1 Å². The summed E-state index contributed by atoms with van der Waals surface area (Å²) in [5.74, 6) is 1.30. The second kappa shape index (κ2) is 11.1. The van der Waals surface area contributed by atoms with E-state index < -0.39 is 6.68 Å². The van der Waals surface area contributed by atoms with E-state index >= 15 is 0 Å². The van der Waals surface area contributed by atoms with Gasteiger partial charge in [-0.15, -0.1) is 0 Å². The molecule has 2 saturated carbocycles. The molecule has 0 atom stereocenters. The van der Waals surface area contributed by atoms with Gasteiger partial charge in [0.1, 0.15) is 5.52 Å². The van der Waals surface area contributed by atoms with Crippen molar-refractivity contribution in [3.8, 4) is 0 Å². The predicted molar refractivity (Wildman–Crippen MR) is 122 cm³/mol. The van der Waals surface area contributed by atoms with Crippen LogP contribution in [-0.4, -0.2) is 62.7 Å². The third-order valence-corrected chi connectivity index (χ3v) is 6.19. The van der Waals surface area contributed by atoms with Gasteiger partial charge in [0, 0.05) is 31.4 Å². The van der Waals surface area contributed by atoms with Gasteiger partial charge in [-0.2, -0.15) is 23.3 Å². The Bertz CT molecular complexity index is 1060. The minimum atomic E-state index is -3.67. The first kappa shape index (κ1) is 24.3. The van der Waals surface area contributed by atoms with Crippen molar-refractivity contribution in [1.82, 2.24) is 29.7 Å². The van der Waals surface area contributed by atoms with Crippen molar-refractivity contribution < 1.29 is 17.9 Å². The van der Waals surface area contributed by atoms with E-state index in [1.165, 1.54) is 32.1 Å². The Labute approximate surface area is 196 Å². The number of alkyl halides is 3. The maximum atomic E-state index is 9.67. The van der Waals surface area contributed by atoms with Crippen molar-refractivity contribution in [1.29, 1.82) is 0 Å². The summed E-state index contributed by atoms with van der Waals surface area (Å²) in [5, 5.41) is 4.09. The maximum Gasteiger partial charge on any atom is 0.379 e. The summed E-state index contributed by atoms with van der Waals surface area (Å²) < 4.78 is 36.5. The van der Waals surface area contributed by atoms with Crippen LogP contribution in [-0.2, 0) is 4.74 Å². The fourth-order valence-corrected chi connectivity index (χ4v) is 3.83. The van der Waals surface area contributed by atoms with E-state index in [-0.39, 0.29) is 0 Å². The number of aryl methyl sites for hydroxylation is 2. The Morgan fingerprint density at radius 1 is 0.941 bits per heavy atom. The van der Waals surface area contributed by atoms with Crippen LogP contribution < -0.4 is 4.90 Å². The monoisotopic (exact) mass is 477 g/mol. The lowest BCUT2D eigenvalue weighted by molar-refractivity contribution is 0.00819. The minimum Gasteiger partial charge on any atom is -0.378 e. The molecule has 2 aliphatic carbocycles. The van der Waals surface area contributed by atoms with E-state index in [2.05, 4.69) is 20.0 Å². The summed E-state index contributed by atoms with van der Waals surface area (Å²) in [5.41, 5.74) is 4.63. The molecule has 0 bridgehead atoms. The Morgan fingerprint density at radius 3 is 2.18 bits per heavy atom. The van der Waals surface area contributed by atoms with E-state index in [4.69, 9.17) is 14.7 Å². The Morgan fingerprint density at radius 2 is 1.62 bits per heavy atom. The minimum absolute atomic E-state index is 0.515. The van der Waals surface area contributed by atoms with Crippen molar-refractivity contribution in [2.75, 3.05) is 31.2 Å². The third-order valence-electron chi connectivity index (χ3n) is 6.19. The molecule has 3 aromatic heterocycles. The molecule has 8 nitrogen and oxygen atoms in total. The summed E-state index contributed by atoms with van der Waals surface area (Å²) in [6.07, 6.45) is 10.2. The number of halogens is 3. The van der Waals surface area contributed by atoms with Gasteiger partial charge in [-0.05, 0) is 45.6 Å². The zero-order chi connectivity index (χ0) is 24.1. The molecule has 3 aromatic rings. The zero-order valence-electron chi connectivity index (χ0n) is 19.5. The van der Waals surface area contributed by atoms with Crippen molar-refractivity contribution in [2.24, 2.45) is 0 Å². The van der Waals surface area contributed by atoms with Crippen LogP contribution in [0.25, 0.3) is 11.2 Å². The average Bonchev–Trinajstić information content (AvgIpc) is 3.48. The lowest BCUT2D eigenvalue weighted by Crippen LogP contribution is -2.37. The van der Waals surface area contributed by atoms with Crippen LogP contribution in [0.15, 0.2) is 18.5 Å². The molecule has 1 saturated heterocycles. The van der Waals surface area contributed by atoms with Crippen molar-refractivity contribution in [3.05, 3.63) is 35.5 Å². The number of anilines is 1. The predicted octanol–water partition coefficient (Wildman–Crippen LogP) is 4.54. The van der Waals surface area contributed by atoms with E-state index in [1.807, 2.05) is 37.0 Å². The SMILES string of the molecule is Cc1nc2nc(N3CCOCC3)nc(C3CCC3)c2nc1C.FC(F)F.c1cnn(C2CC2)c1. The molecule has 0 spiro atoms. The molecule has 34 heavy (non-hydrogen) atoms. The Hall–Kier alpha value is -2.82. The van der Waals surface area contributed by atoms with Gasteiger partial charge in [-0.1, -0.05) is 6.42 Å². The molecule has 184 valence electrons. The molecule has 0 radical (unpaired) electrons. The van der Waals surface area contributed by atoms with E-state index in [1.54, 1.807) is 0 Å². The van der Waals surface area contributed by atoms with Gasteiger partial charge in [-0.25, -0.2) is 15.0 Å². The Kier molecular flexibility index (Phi) is 7.91. The van der Waals surface area contributed by atoms with Gasteiger partial charge >= 0.3 is 6.68 Å². The van der Waals surface area contributed by atoms with Crippen LogP contribution in [0.5, 0.6) is 0 Å². The highest BCUT2D eigenvalue weighted by Crippen LogP contribution is 2.38. The molecule has 0 aromatic carbocycles. The van der Waals surface area contributed by atoms with Gasteiger partial charge in [-0.3, -0.25) is 4.68 Å². The summed E-state index contributed by atoms with van der Waals surface area (Å²) in [4.78, 5) is 21.2. The molecule has 3 aliphatic rings. The second-order valence-electron chi connectivity index (χ2n) is 8.67. The second-order valence-corrected chi connectivity index (χ2v) is 8.67. The van der Waals surface area contributed by atoms with Crippen molar-refractivity contribution >= 4 is 17.1 Å². The normalized spacial score (nSPS) is 18.1. The number of morpholine rings is 1. The first-order valence-electron chi connectivity index (χ1n) is 11.7. The summed E-state index contributed by atoms with van der Waals surface area (Å²) in [7, 11) is 0. The van der Waals surface area contributed by atoms with Crippen LogP contribution >= 0.6 is 0 Å². The number of fused-ring (bicyclic) bond motifs is 1. The van der Waals surface area contributed by atoms with Crippen LogP contribution in [0.4, 0.5) is 19.1 Å². The fourth-order valence-electron chi connectivity index (χ4n) is 3.83. The summed E-state index contributed by atoms with van der Waals surface area (Å²) >= 11 is 0. The average molecular weight is 478 g/mol. The van der Waals surface area contributed by atoms with Gasteiger partial charge in [0.2, 0.25) is 5.95 Å². The topological polar surface area (TPSA) is 81.8 Å². The smallest absolute Gasteiger partial charge is 0.378 e. The lowest BCUT2D eigenvalue weighted by Gasteiger charge is -2.29. The van der Waals surface area contributed by atoms with Crippen LogP contribution in [0.2, 0.25) is 0 Å². The number of rotatable bonds is 3. The first-order chi connectivity index (χ1) is 16.4. The standard InChI is InChI=1S/C16H21N5O.C6H8N2.CHF3/c1-10-11(2)18-15-14(17-10)13(12-4-3-5-12)19-16(20-15)21-6-8-22-9-7-21;1-4-7-8(5-1)6-2-3-6;2-1(3)4/h12H,3-9H2,1-2H3;1,4-6H,2-3H2;1H. The van der Waals surface area contributed by atoms with E-state index in [0.717, 1.165) is 66.5 Å². The van der Waals surface area contributed by atoms with Gasteiger partial charge in [0.15, 0.2) is 5.65 Å². The highest BCUT2D eigenvalue weighted by Gasteiger charge is 2.27. The summed E-state index contributed by atoms with van der Waals surface area (Å²) in [6, 6.07) is 2.71. The van der Waals surface area contributed by atoms with Crippen LogP contribution in [0, 0.1) is 13.8 Å². The number of ether oxygens (including phenoxy) is 1. The molecule has 1 aliphatic heterocycles. The first-order valence-corrected chi connectivity index (χ1v) is 11.7. The van der Waals surface area contributed by atoms with Gasteiger partial charge in [0.25, 0.3) is 0 Å². The number of nitrogens with zero attached hydrogens (tertiary/aromatic N) is 7. The maximum absolute atomic E-state index is 9.67. The highest BCUT2D eigenvalue weighted by molar-refractivity contribution is 5.75. The third kappa shape index (κ3) is 6.19. The molecule has 0 N–H and O–H groups in total. The number of hydrogen-bond acceptors (Lipinski definition) is 7. The molecule has 0 unspecified atom stereocenters. The van der Waals surface area contributed by atoms with E-state index in [0.29, 0.717) is 5.92 Å². The van der Waals surface area contributed by atoms with Gasteiger partial charge < -0.3 is 9.64 Å². The van der Waals surface area contributed by atoms with Crippen LogP contribution in [0.3, 0.4) is 0 Å². The highest BCUT2D eigenvalue weighted by atomic mass is 19.4. The zero-order valence-corrected chi connectivity index (χ0v) is 19.5. The van der Waals surface area contributed by atoms with Crippen molar-refractivity contribution in [3.63, 3.8) is 0 Å². The molecular formula is C23H30F3N7O. The van der Waals surface area contributed by atoms with Gasteiger partial charge in [0.05, 0.1) is 36.3 Å². The lowest BCUT2D eigenvalue weighted by atomic mass is 9.82.